The van der Waals surface area contributed by atoms with Crippen LogP contribution in [0.3, 0.4) is 0 Å². The van der Waals surface area contributed by atoms with E-state index in [1.165, 1.54) is 12.1 Å². The number of carbonyl (C=O) groups excluding carboxylic acids is 1. The van der Waals surface area contributed by atoms with Crippen molar-refractivity contribution in [1.29, 1.82) is 0 Å². The van der Waals surface area contributed by atoms with Gasteiger partial charge < -0.3 is 25.2 Å². The molecule has 1 saturated heterocycles. The predicted molar refractivity (Wildman–Crippen MR) is 117 cm³/mol. The van der Waals surface area contributed by atoms with Crippen LogP contribution >= 0.6 is 11.6 Å². The normalized spacial score (nSPS) is 24.9. The van der Waals surface area contributed by atoms with Crippen LogP contribution in [0.1, 0.15) is 12.0 Å². The van der Waals surface area contributed by atoms with Crippen molar-refractivity contribution in [3.05, 3.63) is 52.8 Å². The fourth-order valence-electron chi connectivity index (χ4n) is 3.92. The summed E-state index contributed by atoms with van der Waals surface area (Å²) in [6, 6.07) is 8.95. The van der Waals surface area contributed by atoms with Crippen LogP contribution in [0.2, 0.25) is 5.02 Å². The average molecular weight is 485 g/mol. The average Bonchev–Trinajstić information content (AvgIpc) is 2.82. The van der Waals surface area contributed by atoms with Crippen molar-refractivity contribution in [3.63, 3.8) is 0 Å². The third-order valence-electron chi connectivity index (χ3n) is 5.68. The lowest BCUT2D eigenvalue weighted by molar-refractivity contribution is -0.113. The molecule has 0 saturated carbocycles. The van der Waals surface area contributed by atoms with E-state index in [-0.39, 0.29) is 53.9 Å². The summed E-state index contributed by atoms with van der Waals surface area (Å²) < 4.78 is 44.4. The molecule has 32 heavy (non-hydrogen) atoms. The van der Waals surface area contributed by atoms with Crippen LogP contribution in [-0.4, -0.2) is 61.7 Å². The second-order valence-corrected chi connectivity index (χ2v) is 10.6. The molecule has 2 aromatic rings. The number of carbonyl (C=O) groups is 1. The number of sulfone groups is 1. The molecule has 0 unspecified atom stereocenters. The van der Waals surface area contributed by atoms with Gasteiger partial charge >= 0.3 is 0 Å². The molecule has 2 aliphatic rings. The number of hydrogen-bond donors (Lipinski definition) is 3. The molecule has 2 aromatic carbocycles. The van der Waals surface area contributed by atoms with Crippen molar-refractivity contribution in [3.8, 4) is 5.75 Å². The van der Waals surface area contributed by atoms with Gasteiger partial charge in [-0.3, -0.25) is 4.79 Å². The minimum Gasteiger partial charge on any atom is -0.490 e. The van der Waals surface area contributed by atoms with Gasteiger partial charge in [-0.05, 0) is 36.8 Å². The Morgan fingerprint density at radius 1 is 1.28 bits per heavy atom. The first-order valence-corrected chi connectivity index (χ1v) is 12.1. The summed E-state index contributed by atoms with van der Waals surface area (Å²) in [5.41, 5.74) is -0.744. The number of nitrogens with zero attached hydrogens (tertiary/aromatic N) is 1. The Morgan fingerprint density at radius 3 is 2.78 bits per heavy atom. The predicted octanol–water partition coefficient (Wildman–Crippen LogP) is 1.73. The number of rotatable bonds is 4. The van der Waals surface area contributed by atoms with Crippen LogP contribution in [0.25, 0.3) is 0 Å². The van der Waals surface area contributed by atoms with Gasteiger partial charge in [0.1, 0.15) is 35.6 Å². The molecule has 3 N–H and O–H groups in total. The number of anilines is 2. The van der Waals surface area contributed by atoms with Gasteiger partial charge in [0.25, 0.3) is 0 Å². The first kappa shape index (κ1) is 22.8. The van der Waals surface area contributed by atoms with Gasteiger partial charge in [0, 0.05) is 29.4 Å². The van der Waals surface area contributed by atoms with Crippen LogP contribution in [0.4, 0.5) is 15.8 Å². The maximum absolute atomic E-state index is 14.2. The fourth-order valence-corrected chi connectivity index (χ4v) is 5.39. The molecule has 0 bridgehead atoms. The van der Waals surface area contributed by atoms with Crippen LogP contribution < -0.4 is 15.0 Å². The van der Waals surface area contributed by atoms with Gasteiger partial charge in [-0.25, -0.2) is 12.8 Å². The molecule has 2 aliphatic heterocycles. The zero-order valence-electron chi connectivity index (χ0n) is 16.9. The van der Waals surface area contributed by atoms with Crippen molar-refractivity contribution in [1.82, 2.24) is 0 Å². The summed E-state index contributed by atoms with van der Waals surface area (Å²) in [6.07, 6.45) is -1.17. The number of aliphatic hydroxyl groups is 2. The highest BCUT2D eigenvalue weighted by atomic mass is 35.5. The van der Waals surface area contributed by atoms with E-state index in [0.717, 1.165) is 0 Å². The van der Waals surface area contributed by atoms with Gasteiger partial charge in [0.05, 0.1) is 11.4 Å². The smallest absolute Gasteiger partial charge is 0.239 e. The van der Waals surface area contributed by atoms with Gasteiger partial charge in [-0.15, -0.1) is 0 Å². The van der Waals surface area contributed by atoms with Crippen LogP contribution in [0.5, 0.6) is 5.75 Å². The maximum atomic E-state index is 14.2. The Bertz CT molecular complexity index is 1160. The number of amides is 1. The number of aliphatic hydroxyl groups excluding tert-OH is 1. The molecule has 2 atom stereocenters. The lowest BCUT2D eigenvalue weighted by Crippen LogP contribution is -2.58. The molecular weight excluding hydrogens is 463 g/mol. The summed E-state index contributed by atoms with van der Waals surface area (Å²) in [6.45, 7) is -0.0852. The van der Waals surface area contributed by atoms with Crippen molar-refractivity contribution < 1.29 is 32.6 Å². The van der Waals surface area contributed by atoms with Crippen molar-refractivity contribution in [2.45, 2.75) is 23.9 Å². The molecule has 2 heterocycles. The zero-order chi connectivity index (χ0) is 23.1. The Labute approximate surface area is 189 Å². The first-order chi connectivity index (χ1) is 15.1. The zero-order valence-corrected chi connectivity index (χ0v) is 18.5. The summed E-state index contributed by atoms with van der Waals surface area (Å²) in [5, 5.41) is 24.4. The monoisotopic (exact) mass is 484 g/mol. The number of benzene rings is 2. The van der Waals surface area contributed by atoms with E-state index in [2.05, 4.69) is 5.32 Å². The second kappa shape index (κ2) is 8.51. The second-order valence-electron chi connectivity index (χ2n) is 8.06. The summed E-state index contributed by atoms with van der Waals surface area (Å²) in [7, 11) is -3.67. The fraction of sp³-hybridized carbons (Fsp3) is 0.381. The largest absolute Gasteiger partial charge is 0.490 e. The minimum atomic E-state index is -3.67. The SMILES string of the molecule is O=C1CS(=O)(=O)Cc2c(cccc2OC[C@]2(O)CCN(c3ccc(Cl)cc3F)C[C@H]2O)N1. The minimum absolute atomic E-state index is 0.0320. The molecule has 172 valence electrons. The molecule has 0 spiro atoms. The van der Waals surface area contributed by atoms with Gasteiger partial charge in [-0.2, -0.15) is 0 Å². The van der Waals surface area contributed by atoms with Crippen molar-refractivity contribution in [2.24, 2.45) is 0 Å². The Morgan fingerprint density at radius 2 is 2.06 bits per heavy atom. The van der Waals surface area contributed by atoms with E-state index < -0.39 is 39.0 Å². The molecule has 8 nitrogen and oxygen atoms in total. The molecule has 1 fully saturated rings. The number of nitrogens with one attached hydrogen (secondary N) is 1. The lowest BCUT2D eigenvalue weighted by Gasteiger charge is -2.42. The number of hydrogen-bond acceptors (Lipinski definition) is 7. The Balaban J connectivity index is 1.49. The number of piperidine rings is 1. The third-order valence-corrected chi connectivity index (χ3v) is 7.34. The van der Waals surface area contributed by atoms with E-state index in [4.69, 9.17) is 16.3 Å². The van der Waals surface area contributed by atoms with Crippen LogP contribution in [-0.2, 0) is 20.4 Å². The quantitative estimate of drug-likeness (QED) is 0.605. The number of halogens is 2. The van der Waals surface area contributed by atoms with E-state index in [0.29, 0.717) is 5.69 Å². The lowest BCUT2D eigenvalue weighted by atomic mass is 9.89. The van der Waals surface area contributed by atoms with Crippen molar-refractivity contribution in [2.75, 3.05) is 35.7 Å². The molecule has 0 aromatic heterocycles. The first-order valence-electron chi connectivity index (χ1n) is 9.92. The highest BCUT2D eigenvalue weighted by Crippen LogP contribution is 2.34. The molecule has 0 radical (unpaired) electrons. The van der Waals surface area contributed by atoms with E-state index in [9.17, 15) is 27.8 Å². The number of β-amino-alcohol motifs (C(OH)–C–C–N with tert-alkyl or cyclic N) is 1. The molecule has 4 rings (SSSR count). The van der Waals surface area contributed by atoms with E-state index >= 15 is 0 Å². The van der Waals surface area contributed by atoms with Crippen LogP contribution in [0.15, 0.2) is 36.4 Å². The summed E-state index contributed by atoms with van der Waals surface area (Å²) >= 11 is 5.79. The topological polar surface area (TPSA) is 116 Å². The van der Waals surface area contributed by atoms with E-state index in [1.54, 1.807) is 29.2 Å². The summed E-state index contributed by atoms with van der Waals surface area (Å²) in [4.78, 5) is 13.4. The van der Waals surface area contributed by atoms with Gasteiger partial charge in [0.15, 0.2) is 9.84 Å². The highest BCUT2D eigenvalue weighted by molar-refractivity contribution is 7.91. The molecule has 11 heteroatoms. The third kappa shape index (κ3) is 4.68. The molecule has 1 amide bonds. The standard InChI is InChI=1S/C21H22ClFN2O6S/c22-13-4-5-17(15(23)8-13)25-7-6-21(28,19(26)9-25)12-31-18-3-1-2-16-14(18)10-32(29,30)11-20(27)24-16/h1-5,8,19,26,28H,6-7,9-12H2,(H,24,27)/t19-,21-/m1/s1. The molecular formula is C21H22ClFN2O6S. The Kier molecular flexibility index (Phi) is 6.06. The number of ether oxygens (including phenoxy) is 1. The summed E-state index contributed by atoms with van der Waals surface area (Å²) in [5.74, 6) is -1.97. The van der Waals surface area contributed by atoms with Gasteiger partial charge in [0.2, 0.25) is 5.91 Å². The molecule has 0 aliphatic carbocycles. The van der Waals surface area contributed by atoms with Crippen LogP contribution in [0, 0.1) is 5.82 Å². The van der Waals surface area contributed by atoms with Gasteiger partial charge in [-0.1, -0.05) is 17.7 Å². The highest BCUT2D eigenvalue weighted by Gasteiger charge is 2.42. The number of fused-ring (bicyclic) bond motifs is 1. The van der Waals surface area contributed by atoms with Crippen molar-refractivity contribution >= 4 is 38.7 Å². The maximum Gasteiger partial charge on any atom is 0.239 e. The Hall–Kier alpha value is -2.40. The van der Waals surface area contributed by atoms with E-state index in [1.807, 2.05) is 0 Å².